The SMILES string of the molecule is CCC1=C(C)C2=NC1=CC1=C(C)C3=C(O)CC(=C4NC(=CC5=NC(=C2)C(C(C)OCc2ccc[c]([Sn]([CH3])([CH3])[CH3])c2)=C5C)[C@@H](C)[C@@H]4CCC(=O)ON2C(=O)CCC2=O)C3=N1. The Balaban J connectivity index is 1.20. The van der Waals surface area contributed by atoms with Gasteiger partial charge in [0.25, 0.3) is 11.8 Å². The van der Waals surface area contributed by atoms with E-state index in [9.17, 15) is 19.5 Å². The molecule has 8 rings (SSSR count). The first kappa shape index (κ1) is 40.9. The second-order valence-corrected chi connectivity index (χ2v) is 32.0. The zero-order valence-corrected chi connectivity index (χ0v) is 38.4. The number of amides is 2. The number of hydrogen-bond acceptors (Lipinski definition) is 10. The summed E-state index contributed by atoms with van der Waals surface area (Å²) in [4.78, 5) is 65.7. The van der Waals surface area contributed by atoms with Crippen LogP contribution in [0.5, 0.6) is 0 Å². The molecule has 12 heteroatoms. The van der Waals surface area contributed by atoms with Crippen molar-refractivity contribution in [1.29, 1.82) is 0 Å². The van der Waals surface area contributed by atoms with E-state index in [1.54, 1.807) is 0 Å². The Morgan fingerprint density at radius 1 is 0.983 bits per heavy atom. The molecule has 0 spiro atoms. The second kappa shape index (κ2) is 15.6. The van der Waals surface area contributed by atoms with Crippen molar-refractivity contribution >= 4 is 56.9 Å². The third kappa shape index (κ3) is 7.49. The van der Waals surface area contributed by atoms with Crippen LogP contribution in [-0.4, -0.2) is 69.6 Å². The van der Waals surface area contributed by atoms with E-state index in [1.165, 1.54) is 3.58 Å². The molecule has 3 atom stereocenters. The van der Waals surface area contributed by atoms with Gasteiger partial charge in [0.05, 0.1) is 11.4 Å². The summed E-state index contributed by atoms with van der Waals surface area (Å²) in [6.45, 7) is 13.0. The van der Waals surface area contributed by atoms with Crippen molar-refractivity contribution in [3.05, 3.63) is 121 Å². The molecule has 6 aliphatic heterocycles. The molecular formula is C47H53N5O6Sn. The molecule has 7 aliphatic rings. The summed E-state index contributed by atoms with van der Waals surface area (Å²) in [7, 11) is 0. The molecule has 2 saturated heterocycles. The number of aliphatic hydroxyl groups excluding tert-OH is 1. The molecule has 59 heavy (non-hydrogen) atoms. The van der Waals surface area contributed by atoms with Crippen LogP contribution in [0.2, 0.25) is 14.8 Å². The normalized spacial score (nSPS) is 23.3. The van der Waals surface area contributed by atoms with E-state index in [0.717, 1.165) is 96.6 Å². The summed E-state index contributed by atoms with van der Waals surface area (Å²) < 4.78 is 8.15. The van der Waals surface area contributed by atoms with Gasteiger partial charge in [-0.25, -0.2) is 9.79 Å². The molecule has 1 aromatic carbocycles. The molecule has 11 nitrogen and oxygen atoms in total. The van der Waals surface area contributed by atoms with Crippen molar-refractivity contribution in [2.75, 3.05) is 0 Å². The number of rotatable bonds is 10. The van der Waals surface area contributed by atoms with E-state index in [0.29, 0.717) is 24.5 Å². The van der Waals surface area contributed by atoms with Crippen LogP contribution < -0.4 is 8.90 Å². The van der Waals surface area contributed by atoms with Crippen molar-refractivity contribution in [2.45, 2.75) is 108 Å². The number of allylic oxidation sites excluding steroid dienone is 11. The molecule has 2 amide bonds. The average Bonchev–Trinajstić information content (AvgIpc) is 4.00. The maximum atomic E-state index is 13.1. The fraction of sp³-hybridized carbons (Fsp3) is 0.404. The summed E-state index contributed by atoms with van der Waals surface area (Å²) in [6, 6.07) is 8.85. The number of imide groups is 1. The van der Waals surface area contributed by atoms with Crippen molar-refractivity contribution in [3.63, 3.8) is 0 Å². The minimum absolute atomic E-state index is 0.0233. The van der Waals surface area contributed by atoms with Crippen molar-refractivity contribution in [2.24, 2.45) is 26.8 Å². The van der Waals surface area contributed by atoms with Crippen LogP contribution in [0.1, 0.15) is 85.6 Å². The Hall–Kier alpha value is -4.88. The van der Waals surface area contributed by atoms with Crippen molar-refractivity contribution in [3.8, 4) is 0 Å². The summed E-state index contributed by atoms with van der Waals surface area (Å²) in [5, 5.41) is 15.8. The topological polar surface area (TPSA) is 142 Å². The number of carbonyl (C=O) groups excluding carboxylic acids is 3. The van der Waals surface area contributed by atoms with Gasteiger partial charge in [-0.2, -0.15) is 0 Å². The number of hydroxylamine groups is 2. The van der Waals surface area contributed by atoms with Crippen LogP contribution in [0.3, 0.4) is 0 Å². The molecule has 8 bridgehead atoms. The van der Waals surface area contributed by atoms with Crippen LogP contribution in [-0.2, 0) is 30.6 Å². The van der Waals surface area contributed by atoms with E-state index in [1.807, 2.05) is 13.0 Å². The van der Waals surface area contributed by atoms with Gasteiger partial charge in [0, 0.05) is 48.4 Å². The number of ether oxygens (including phenoxy) is 1. The molecule has 306 valence electrons. The summed E-state index contributed by atoms with van der Waals surface area (Å²) in [5.74, 6) is -1.70. The molecule has 1 unspecified atom stereocenters. The van der Waals surface area contributed by atoms with Gasteiger partial charge in [0.1, 0.15) is 5.76 Å². The van der Waals surface area contributed by atoms with Crippen LogP contribution in [0.15, 0.2) is 131 Å². The van der Waals surface area contributed by atoms with E-state index >= 15 is 0 Å². The van der Waals surface area contributed by atoms with Gasteiger partial charge in [0.15, 0.2) is 0 Å². The second-order valence-electron chi connectivity index (χ2n) is 17.5. The van der Waals surface area contributed by atoms with Gasteiger partial charge in [0.2, 0.25) is 0 Å². The van der Waals surface area contributed by atoms with Crippen molar-refractivity contribution < 1.29 is 29.1 Å². The zero-order chi connectivity index (χ0) is 42.1. The average molecular weight is 903 g/mol. The Labute approximate surface area is 350 Å². The fourth-order valence-corrected chi connectivity index (χ4v) is 12.6. The molecule has 0 aromatic heterocycles. The van der Waals surface area contributed by atoms with E-state index < -0.39 is 36.2 Å². The summed E-state index contributed by atoms with van der Waals surface area (Å²) in [6.07, 6.45) is 7.42. The fourth-order valence-electron chi connectivity index (χ4n) is 9.15. The van der Waals surface area contributed by atoms with E-state index in [4.69, 9.17) is 24.6 Å². The first-order valence-corrected chi connectivity index (χ1v) is 30.8. The molecule has 2 N–H and O–H groups in total. The smallest absolute Gasteiger partial charge is 0.330 e. The Bertz CT molecular complexity index is 2460. The quantitative estimate of drug-likeness (QED) is 0.178. The predicted molar refractivity (Wildman–Crippen MR) is 232 cm³/mol. The van der Waals surface area contributed by atoms with Gasteiger partial charge in [-0.15, -0.1) is 5.06 Å². The number of carbonyl (C=O) groups is 3. The first-order valence-electron chi connectivity index (χ1n) is 20.8. The molecule has 1 aliphatic carbocycles. The number of nitrogens with zero attached hydrogens (tertiary/aromatic N) is 4. The molecule has 2 fully saturated rings. The first-order chi connectivity index (χ1) is 28.0. The Morgan fingerprint density at radius 3 is 2.41 bits per heavy atom. The standard InChI is InChI=1S/C44H44N5O6.3CH3.Sn/c1-7-28-22(2)31-20-36-41(26(6)54-21-27-11-9-8-10-12-27)24(4)33(46-36)18-32-23(3)29(13-16-40(53)55-49-38(51)14-15-39(49)52)43(47-32)30-17-37(50)42-25(5)34(48-44(30)42)19-35(28)45-31;;;;/h8-9,11-12,18-20,23,26,29,47,50H,7,13-17,21H2,1-6H3;3*1H3;/t23-,26?,29-;;;;/m0..../s1. The van der Waals surface area contributed by atoms with Gasteiger partial charge in [-0.1, -0.05) is 13.8 Å². The van der Waals surface area contributed by atoms with Crippen LogP contribution in [0.4, 0.5) is 0 Å². The number of aliphatic imine (C=N–C) groups is 3. The molecule has 6 heterocycles. The van der Waals surface area contributed by atoms with Gasteiger partial charge in [-0.3, -0.25) is 9.59 Å². The number of hydrogen-bond donors (Lipinski definition) is 2. The number of fused-ring (bicyclic) bond motifs is 5. The summed E-state index contributed by atoms with van der Waals surface area (Å²) >= 11 is -2.28. The third-order valence-electron chi connectivity index (χ3n) is 12.7. The monoisotopic (exact) mass is 903 g/mol. The van der Waals surface area contributed by atoms with Crippen LogP contribution in [0.25, 0.3) is 0 Å². The molecule has 1 aromatic rings. The van der Waals surface area contributed by atoms with Gasteiger partial charge < -0.3 is 9.94 Å². The minimum Gasteiger partial charge on any atom is -0.330 e. The molecular weight excluding hydrogens is 849 g/mol. The minimum atomic E-state index is -2.28. The maximum absolute atomic E-state index is 13.1. The van der Waals surface area contributed by atoms with Crippen LogP contribution >= 0.6 is 0 Å². The molecule has 0 saturated carbocycles. The van der Waals surface area contributed by atoms with Gasteiger partial charge >= 0.3 is 195 Å². The van der Waals surface area contributed by atoms with Crippen molar-refractivity contribution in [1.82, 2.24) is 10.4 Å². The Kier molecular flexibility index (Phi) is 10.8. The molecule has 0 radical (unpaired) electrons. The van der Waals surface area contributed by atoms with Gasteiger partial charge in [-0.05, 0) is 31.4 Å². The van der Waals surface area contributed by atoms with Crippen LogP contribution in [0, 0.1) is 11.8 Å². The summed E-state index contributed by atoms with van der Waals surface area (Å²) in [5.41, 5.74) is 14.5. The number of nitrogens with one attached hydrogen (secondary N) is 1. The van der Waals surface area contributed by atoms with E-state index in [2.05, 4.69) is 91.2 Å². The number of aliphatic hydroxyl groups is 1. The Morgan fingerprint density at radius 2 is 1.69 bits per heavy atom. The zero-order valence-electron chi connectivity index (χ0n) is 35.5. The van der Waals surface area contributed by atoms with E-state index in [-0.39, 0.29) is 43.0 Å². The predicted octanol–water partition coefficient (Wildman–Crippen LogP) is 8.20. The third-order valence-corrected chi connectivity index (χ3v) is 18.5. The number of benzene rings is 1.